The van der Waals surface area contributed by atoms with Gasteiger partial charge >= 0.3 is 5.69 Å². The standard InChI is InChI=1S/C23H21N3O6/c1-3-16-5-8-18(9-6-16)24-15-17-7-11-22(23(13-17)31-4-2)32-21-12-10-19(25(27)28)14-20(21)26(29)30/h5-15H,3-4H2,1-2H3. The number of benzene rings is 3. The molecule has 0 saturated carbocycles. The van der Waals surface area contributed by atoms with Crippen molar-refractivity contribution >= 4 is 23.3 Å². The van der Waals surface area contributed by atoms with E-state index in [9.17, 15) is 20.2 Å². The SMILES string of the molecule is CCOc1cc(C=Nc2ccc(CC)cc2)ccc1Oc1ccc([N+](=O)[O-])cc1[N+](=O)[O-]. The van der Waals surface area contributed by atoms with Gasteiger partial charge in [-0.3, -0.25) is 25.2 Å². The summed E-state index contributed by atoms with van der Waals surface area (Å²) in [5.41, 5.74) is 1.88. The molecule has 0 atom stereocenters. The molecule has 0 spiro atoms. The third kappa shape index (κ3) is 5.45. The first-order valence-electron chi connectivity index (χ1n) is 9.91. The molecule has 164 valence electrons. The number of hydrogen-bond acceptors (Lipinski definition) is 7. The largest absolute Gasteiger partial charge is 0.490 e. The topological polar surface area (TPSA) is 117 Å². The maximum Gasteiger partial charge on any atom is 0.318 e. The zero-order valence-corrected chi connectivity index (χ0v) is 17.6. The summed E-state index contributed by atoms with van der Waals surface area (Å²) < 4.78 is 11.3. The molecule has 0 aromatic heterocycles. The summed E-state index contributed by atoms with van der Waals surface area (Å²) in [4.78, 5) is 25.3. The van der Waals surface area contributed by atoms with Crippen molar-refractivity contribution in [3.05, 3.63) is 92.0 Å². The molecule has 9 nitrogen and oxygen atoms in total. The molecule has 3 aromatic rings. The van der Waals surface area contributed by atoms with Crippen LogP contribution in [0.2, 0.25) is 0 Å². The molecule has 0 aliphatic carbocycles. The van der Waals surface area contributed by atoms with Crippen LogP contribution in [0.25, 0.3) is 0 Å². The first-order valence-corrected chi connectivity index (χ1v) is 9.91. The highest BCUT2D eigenvalue weighted by molar-refractivity contribution is 5.83. The number of rotatable bonds is 9. The van der Waals surface area contributed by atoms with Gasteiger partial charge in [0.2, 0.25) is 5.75 Å². The van der Waals surface area contributed by atoms with Crippen LogP contribution in [0.4, 0.5) is 17.1 Å². The molecule has 0 unspecified atom stereocenters. The second kappa shape index (κ2) is 10.2. The average molecular weight is 435 g/mol. The van der Waals surface area contributed by atoms with Gasteiger partial charge in [-0.2, -0.15) is 0 Å². The molecule has 32 heavy (non-hydrogen) atoms. The van der Waals surface area contributed by atoms with Gasteiger partial charge in [-0.25, -0.2) is 0 Å². The van der Waals surface area contributed by atoms with E-state index >= 15 is 0 Å². The lowest BCUT2D eigenvalue weighted by molar-refractivity contribution is -0.394. The average Bonchev–Trinajstić information content (AvgIpc) is 2.79. The normalized spacial score (nSPS) is 10.8. The lowest BCUT2D eigenvalue weighted by Crippen LogP contribution is -1.99. The molecule has 3 aromatic carbocycles. The van der Waals surface area contributed by atoms with E-state index in [0.29, 0.717) is 12.4 Å². The van der Waals surface area contributed by atoms with Gasteiger partial charge in [0.1, 0.15) is 0 Å². The summed E-state index contributed by atoms with van der Waals surface area (Å²) >= 11 is 0. The molecule has 0 bridgehead atoms. The fourth-order valence-electron chi connectivity index (χ4n) is 2.89. The summed E-state index contributed by atoms with van der Waals surface area (Å²) in [7, 11) is 0. The van der Waals surface area contributed by atoms with E-state index in [1.807, 2.05) is 24.3 Å². The Morgan fingerprint density at radius 3 is 2.22 bits per heavy atom. The fourth-order valence-corrected chi connectivity index (χ4v) is 2.89. The van der Waals surface area contributed by atoms with Crippen molar-refractivity contribution in [1.82, 2.24) is 0 Å². The smallest absolute Gasteiger partial charge is 0.318 e. The molecule has 3 rings (SSSR count). The van der Waals surface area contributed by atoms with Crippen LogP contribution in [0.1, 0.15) is 25.0 Å². The third-order valence-electron chi connectivity index (χ3n) is 4.54. The van der Waals surface area contributed by atoms with E-state index in [1.165, 1.54) is 11.6 Å². The summed E-state index contributed by atoms with van der Waals surface area (Å²) in [5.74, 6) is 0.484. The Bertz CT molecular complexity index is 1160. The number of non-ortho nitro benzene ring substituents is 1. The van der Waals surface area contributed by atoms with Crippen LogP contribution in [-0.4, -0.2) is 22.7 Å². The molecular formula is C23H21N3O6. The predicted octanol–water partition coefficient (Wildman–Crippen LogP) is 6.01. The number of hydrogen-bond donors (Lipinski definition) is 0. The molecule has 0 radical (unpaired) electrons. The Morgan fingerprint density at radius 2 is 1.59 bits per heavy atom. The van der Waals surface area contributed by atoms with Crippen LogP contribution >= 0.6 is 0 Å². The van der Waals surface area contributed by atoms with E-state index in [2.05, 4.69) is 11.9 Å². The van der Waals surface area contributed by atoms with Gasteiger partial charge in [0.15, 0.2) is 11.5 Å². The fraction of sp³-hybridized carbons (Fsp3) is 0.174. The van der Waals surface area contributed by atoms with E-state index in [4.69, 9.17) is 9.47 Å². The molecule has 0 saturated heterocycles. The molecule has 0 aliphatic heterocycles. The Balaban J connectivity index is 1.88. The lowest BCUT2D eigenvalue weighted by atomic mass is 10.1. The Morgan fingerprint density at radius 1 is 0.875 bits per heavy atom. The van der Waals surface area contributed by atoms with Crippen molar-refractivity contribution in [2.75, 3.05) is 6.61 Å². The molecule has 9 heteroatoms. The number of aliphatic imine (C=N–C) groups is 1. The molecule has 0 aliphatic rings. The monoisotopic (exact) mass is 435 g/mol. The van der Waals surface area contributed by atoms with Crippen molar-refractivity contribution < 1.29 is 19.3 Å². The number of nitro groups is 2. The molecule has 0 amide bonds. The minimum atomic E-state index is -0.729. The van der Waals surface area contributed by atoms with Gasteiger partial charge in [-0.15, -0.1) is 0 Å². The van der Waals surface area contributed by atoms with Gasteiger partial charge in [0.05, 0.1) is 28.2 Å². The van der Waals surface area contributed by atoms with Gasteiger partial charge in [-0.1, -0.05) is 19.1 Å². The second-order valence-corrected chi connectivity index (χ2v) is 6.69. The molecule has 0 N–H and O–H groups in total. The van der Waals surface area contributed by atoms with Crippen molar-refractivity contribution in [3.63, 3.8) is 0 Å². The van der Waals surface area contributed by atoms with E-state index in [-0.39, 0.29) is 11.5 Å². The summed E-state index contributed by atoms with van der Waals surface area (Å²) in [6.07, 6.45) is 2.64. The highest BCUT2D eigenvalue weighted by Gasteiger charge is 2.22. The third-order valence-corrected chi connectivity index (χ3v) is 4.54. The van der Waals surface area contributed by atoms with Crippen LogP contribution in [0.5, 0.6) is 17.2 Å². The Hall–Kier alpha value is -4.27. The molecule has 0 fully saturated rings. The molecule has 0 heterocycles. The highest BCUT2D eigenvalue weighted by atomic mass is 16.6. The van der Waals surface area contributed by atoms with Crippen LogP contribution < -0.4 is 9.47 Å². The maximum absolute atomic E-state index is 11.4. The van der Waals surface area contributed by atoms with Gasteiger partial charge in [0.25, 0.3) is 5.69 Å². The molecular weight excluding hydrogens is 414 g/mol. The van der Waals surface area contributed by atoms with Crippen LogP contribution in [-0.2, 0) is 6.42 Å². The van der Waals surface area contributed by atoms with Gasteiger partial charge in [-0.05, 0) is 60.9 Å². The summed E-state index contributed by atoms with van der Waals surface area (Å²) in [6, 6.07) is 16.2. The Kier molecular flexibility index (Phi) is 7.12. The van der Waals surface area contributed by atoms with Crippen molar-refractivity contribution in [1.29, 1.82) is 0 Å². The Labute approximate surface area is 184 Å². The van der Waals surface area contributed by atoms with E-state index < -0.39 is 21.2 Å². The zero-order chi connectivity index (χ0) is 23.1. The van der Waals surface area contributed by atoms with Crippen molar-refractivity contribution in [3.8, 4) is 17.2 Å². The minimum Gasteiger partial charge on any atom is -0.490 e. The first-order chi connectivity index (χ1) is 15.4. The number of aryl methyl sites for hydroxylation is 1. The van der Waals surface area contributed by atoms with E-state index in [1.54, 1.807) is 31.3 Å². The lowest BCUT2D eigenvalue weighted by Gasteiger charge is -2.12. The predicted molar refractivity (Wildman–Crippen MR) is 121 cm³/mol. The van der Waals surface area contributed by atoms with Crippen LogP contribution in [0.3, 0.4) is 0 Å². The number of nitro benzene ring substituents is 2. The zero-order valence-electron chi connectivity index (χ0n) is 17.6. The van der Waals surface area contributed by atoms with E-state index in [0.717, 1.165) is 29.8 Å². The van der Waals surface area contributed by atoms with Crippen molar-refractivity contribution in [2.45, 2.75) is 20.3 Å². The number of nitrogens with zero attached hydrogens (tertiary/aromatic N) is 3. The van der Waals surface area contributed by atoms with Crippen LogP contribution in [0, 0.1) is 20.2 Å². The first kappa shape index (κ1) is 22.4. The minimum absolute atomic E-state index is 0.126. The second-order valence-electron chi connectivity index (χ2n) is 6.69. The van der Waals surface area contributed by atoms with Crippen LogP contribution in [0.15, 0.2) is 65.7 Å². The maximum atomic E-state index is 11.4. The van der Waals surface area contributed by atoms with Crippen molar-refractivity contribution in [2.24, 2.45) is 4.99 Å². The summed E-state index contributed by atoms with van der Waals surface area (Å²) in [6.45, 7) is 4.23. The summed E-state index contributed by atoms with van der Waals surface area (Å²) in [5, 5.41) is 22.3. The highest BCUT2D eigenvalue weighted by Crippen LogP contribution is 2.38. The van der Waals surface area contributed by atoms with Gasteiger partial charge < -0.3 is 9.47 Å². The quantitative estimate of drug-likeness (QED) is 0.231. The van der Waals surface area contributed by atoms with Gasteiger partial charge in [0, 0.05) is 12.3 Å². The number of ether oxygens (including phenoxy) is 2.